The van der Waals surface area contributed by atoms with Crippen LogP contribution in [0.1, 0.15) is 24.0 Å². The average Bonchev–Trinajstić information content (AvgIpc) is 2.82. The molecule has 1 aliphatic rings. The van der Waals surface area contributed by atoms with Crippen LogP contribution in [0.25, 0.3) is 16.9 Å². The molecule has 4 rings (SSSR count). The maximum Gasteiger partial charge on any atom is 0.418 e. The molecule has 8 heteroatoms. The van der Waals surface area contributed by atoms with Crippen molar-refractivity contribution >= 4 is 33.3 Å². The molecular formula is C20H16BrClF3N3. The fourth-order valence-corrected chi connectivity index (χ4v) is 4.04. The number of hydrogen-bond donors (Lipinski definition) is 1. The van der Waals surface area contributed by atoms with E-state index in [-0.39, 0.29) is 10.7 Å². The van der Waals surface area contributed by atoms with Crippen molar-refractivity contribution in [3.8, 4) is 16.9 Å². The molecule has 0 bridgehead atoms. The summed E-state index contributed by atoms with van der Waals surface area (Å²) in [5.74, 6) is 0.611. The van der Waals surface area contributed by atoms with Crippen molar-refractivity contribution in [1.29, 1.82) is 0 Å². The minimum Gasteiger partial charge on any atom is -0.370 e. The lowest BCUT2D eigenvalue weighted by Gasteiger charge is -2.16. The summed E-state index contributed by atoms with van der Waals surface area (Å²) >= 11 is 9.30. The zero-order valence-electron chi connectivity index (χ0n) is 14.7. The van der Waals surface area contributed by atoms with Gasteiger partial charge in [0, 0.05) is 27.2 Å². The quantitative estimate of drug-likeness (QED) is 0.450. The molecule has 0 atom stereocenters. The van der Waals surface area contributed by atoms with Crippen molar-refractivity contribution in [2.75, 3.05) is 11.9 Å². The van der Waals surface area contributed by atoms with Gasteiger partial charge in [-0.2, -0.15) is 18.3 Å². The summed E-state index contributed by atoms with van der Waals surface area (Å²) in [5, 5.41) is 7.92. The van der Waals surface area contributed by atoms with Crippen LogP contribution < -0.4 is 5.32 Å². The number of alkyl halides is 3. The van der Waals surface area contributed by atoms with Gasteiger partial charge in [0.25, 0.3) is 0 Å². The lowest BCUT2D eigenvalue weighted by molar-refractivity contribution is -0.137. The number of fused-ring (bicyclic) bond motifs is 1. The van der Waals surface area contributed by atoms with Crippen LogP contribution in [0.2, 0.25) is 5.02 Å². The van der Waals surface area contributed by atoms with E-state index in [9.17, 15) is 13.2 Å². The highest BCUT2D eigenvalue weighted by molar-refractivity contribution is 9.10. The zero-order valence-corrected chi connectivity index (χ0v) is 17.0. The molecule has 3 aromatic rings. The molecule has 146 valence electrons. The Bertz CT molecular complexity index is 1030. The monoisotopic (exact) mass is 469 g/mol. The van der Waals surface area contributed by atoms with Crippen molar-refractivity contribution in [3.05, 3.63) is 63.1 Å². The molecule has 0 aliphatic carbocycles. The summed E-state index contributed by atoms with van der Waals surface area (Å²) in [7, 11) is 0. The van der Waals surface area contributed by atoms with E-state index in [1.807, 2.05) is 24.3 Å². The summed E-state index contributed by atoms with van der Waals surface area (Å²) in [6.07, 6.45) is -1.91. The van der Waals surface area contributed by atoms with Crippen molar-refractivity contribution in [1.82, 2.24) is 9.78 Å². The largest absolute Gasteiger partial charge is 0.418 e. The second-order valence-electron chi connectivity index (χ2n) is 6.64. The number of nitrogens with one attached hydrogen (secondary N) is 1. The molecular weight excluding hydrogens is 455 g/mol. The minimum atomic E-state index is -4.54. The van der Waals surface area contributed by atoms with E-state index in [2.05, 4.69) is 26.3 Å². The second kappa shape index (κ2) is 7.44. The Kier molecular flexibility index (Phi) is 5.14. The average molecular weight is 471 g/mol. The van der Waals surface area contributed by atoms with E-state index in [0.717, 1.165) is 40.9 Å². The van der Waals surface area contributed by atoms with Crippen molar-refractivity contribution in [2.24, 2.45) is 0 Å². The smallest absolute Gasteiger partial charge is 0.370 e. The van der Waals surface area contributed by atoms with Gasteiger partial charge in [-0.1, -0.05) is 39.7 Å². The Morgan fingerprint density at radius 2 is 1.93 bits per heavy atom. The van der Waals surface area contributed by atoms with Gasteiger partial charge in [0.05, 0.1) is 16.9 Å². The van der Waals surface area contributed by atoms with Crippen molar-refractivity contribution < 1.29 is 13.2 Å². The highest BCUT2D eigenvalue weighted by atomic mass is 79.9. The first kappa shape index (κ1) is 19.3. The summed E-state index contributed by atoms with van der Waals surface area (Å²) in [5.41, 5.74) is 1.63. The summed E-state index contributed by atoms with van der Waals surface area (Å²) in [6, 6.07) is 11.4. The fourth-order valence-electron chi connectivity index (χ4n) is 3.46. The Morgan fingerprint density at radius 1 is 1.11 bits per heavy atom. The summed E-state index contributed by atoms with van der Waals surface area (Å²) in [4.78, 5) is 0. The van der Waals surface area contributed by atoms with Gasteiger partial charge in [0.1, 0.15) is 5.82 Å². The molecule has 2 heterocycles. The molecule has 0 saturated carbocycles. The van der Waals surface area contributed by atoms with Crippen LogP contribution in [-0.4, -0.2) is 16.3 Å². The molecule has 3 nitrogen and oxygen atoms in total. The fraction of sp³-hybridized carbons (Fsp3) is 0.250. The van der Waals surface area contributed by atoms with Crippen LogP contribution in [0.15, 0.2) is 46.9 Å². The van der Waals surface area contributed by atoms with E-state index in [1.165, 1.54) is 16.8 Å². The molecule has 0 radical (unpaired) electrons. The second-order valence-corrected chi connectivity index (χ2v) is 7.99. The SMILES string of the molecule is FC(F)(F)c1cc(Cl)ccc1-n1nc(-c2cccc(Br)c2)c2c1NCCCC2. The Morgan fingerprint density at radius 3 is 2.68 bits per heavy atom. The molecule has 1 N–H and O–H groups in total. The number of rotatable bonds is 2. The van der Waals surface area contributed by atoms with Gasteiger partial charge in [-0.25, -0.2) is 4.68 Å². The molecule has 1 aromatic heterocycles. The van der Waals surface area contributed by atoms with Crippen LogP contribution in [0, 0.1) is 0 Å². The van der Waals surface area contributed by atoms with Gasteiger partial charge in [0.2, 0.25) is 0 Å². The van der Waals surface area contributed by atoms with E-state index >= 15 is 0 Å². The number of nitrogens with zero attached hydrogens (tertiary/aromatic N) is 2. The van der Waals surface area contributed by atoms with Gasteiger partial charge in [-0.15, -0.1) is 0 Å². The van der Waals surface area contributed by atoms with E-state index < -0.39 is 11.7 Å². The van der Waals surface area contributed by atoms with Gasteiger partial charge in [-0.3, -0.25) is 0 Å². The maximum absolute atomic E-state index is 13.7. The van der Waals surface area contributed by atoms with Gasteiger partial charge >= 0.3 is 6.18 Å². The van der Waals surface area contributed by atoms with Crippen LogP contribution in [0.4, 0.5) is 19.0 Å². The molecule has 0 saturated heterocycles. The molecule has 0 unspecified atom stereocenters. The Hall–Kier alpha value is -1.99. The molecule has 0 spiro atoms. The predicted molar refractivity (Wildman–Crippen MR) is 108 cm³/mol. The van der Waals surface area contributed by atoms with Crippen molar-refractivity contribution in [3.63, 3.8) is 0 Å². The summed E-state index contributed by atoms with van der Waals surface area (Å²) < 4.78 is 43.3. The van der Waals surface area contributed by atoms with Gasteiger partial charge in [-0.05, 0) is 49.6 Å². The number of halogens is 5. The van der Waals surface area contributed by atoms with Crippen LogP contribution in [0.5, 0.6) is 0 Å². The predicted octanol–water partition coefficient (Wildman–Crippen LogP) is 6.72. The number of benzene rings is 2. The standard InChI is InChI=1S/C20H16BrClF3N3/c21-13-5-3-4-12(10-13)18-15-6-1-2-9-26-19(15)28(27-18)17-8-7-14(22)11-16(17)20(23,24)25/h3-5,7-8,10-11,26H,1-2,6,9H2. The molecule has 28 heavy (non-hydrogen) atoms. The van der Waals surface area contributed by atoms with Gasteiger partial charge < -0.3 is 5.32 Å². The van der Waals surface area contributed by atoms with Gasteiger partial charge in [0.15, 0.2) is 0 Å². The lowest BCUT2D eigenvalue weighted by Crippen LogP contribution is -2.14. The zero-order chi connectivity index (χ0) is 19.9. The number of hydrogen-bond acceptors (Lipinski definition) is 2. The highest BCUT2D eigenvalue weighted by Gasteiger charge is 2.36. The first-order chi connectivity index (χ1) is 13.3. The minimum absolute atomic E-state index is 0.0366. The molecule has 1 aliphatic heterocycles. The topological polar surface area (TPSA) is 29.9 Å². The highest BCUT2D eigenvalue weighted by Crippen LogP contribution is 2.40. The first-order valence-electron chi connectivity index (χ1n) is 8.83. The van der Waals surface area contributed by atoms with Crippen LogP contribution in [-0.2, 0) is 12.6 Å². The first-order valence-corrected chi connectivity index (χ1v) is 10.0. The van der Waals surface area contributed by atoms with E-state index in [1.54, 1.807) is 0 Å². The number of anilines is 1. The van der Waals surface area contributed by atoms with E-state index in [4.69, 9.17) is 11.6 Å². The van der Waals surface area contributed by atoms with Crippen LogP contribution >= 0.6 is 27.5 Å². The molecule has 2 aromatic carbocycles. The van der Waals surface area contributed by atoms with Crippen molar-refractivity contribution in [2.45, 2.75) is 25.4 Å². The molecule has 0 fully saturated rings. The third kappa shape index (κ3) is 3.65. The number of aromatic nitrogens is 2. The normalized spacial score (nSPS) is 14.3. The summed E-state index contributed by atoms with van der Waals surface area (Å²) in [6.45, 7) is 0.686. The third-order valence-electron chi connectivity index (χ3n) is 4.72. The van der Waals surface area contributed by atoms with Crippen LogP contribution in [0.3, 0.4) is 0 Å². The molecule has 0 amide bonds. The lowest BCUT2D eigenvalue weighted by atomic mass is 10.0. The third-order valence-corrected chi connectivity index (χ3v) is 5.45. The maximum atomic E-state index is 13.7. The Balaban J connectivity index is 1.97. The Labute approximate surface area is 173 Å². The van der Waals surface area contributed by atoms with E-state index in [0.29, 0.717) is 18.1 Å².